The van der Waals surface area contributed by atoms with Crippen LogP contribution in [0.3, 0.4) is 0 Å². The van der Waals surface area contributed by atoms with Gasteiger partial charge in [-0.3, -0.25) is 4.90 Å². The Morgan fingerprint density at radius 1 is 0.250 bits per heavy atom. The maximum atomic E-state index is 16.2. The van der Waals surface area contributed by atoms with Crippen LogP contribution in [0, 0.1) is 0 Å². The van der Waals surface area contributed by atoms with Crippen molar-refractivity contribution >= 4 is 297 Å². The number of rotatable bonds is 0. The van der Waals surface area contributed by atoms with Gasteiger partial charge in [0.2, 0.25) is 0 Å². The van der Waals surface area contributed by atoms with E-state index in [1.165, 1.54) is 65.3 Å². The number of ether oxygens (including phenoxy) is 1. The first kappa shape index (κ1) is 25.0. The summed E-state index contributed by atoms with van der Waals surface area (Å²) in [5.41, 5.74) is 3.94. The highest BCUT2D eigenvalue weighted by Gasteiger charge is 2.88. The van der Waals surface area contributed by atoms with Crippen LogP contribution in [-0.2, 0) is 15.8 Å². The molecule has 2 spiro atoms. The highest BCUT2D eigenvalue weighted by atomic mass is 16.6. The van der Waals surface area contributed by atoms with Gasteiger partial charge >= 0.3 is 6.09 Å². The van der Waals surface area contributed by atoms with Crippen molar-refractivity contribution in [3.8, 4) is 0 Å². The molecule has 0 saturated carbocycles. The van der Waals surface area contributed by atoms with E-state index < -0.39 is 16.7 Å². The van der Waals surface area contributed by atoms with E-state index in [9.17, 15) is 0 Å². The molecule has 1 fully saturated rings. The van der Waals surface area contributed by atoms with Crippen molar-refractivity contribution in [2.75, 3.05) is 0 Å². The minimum atomic E-state index is -0.680. The second kappa shape index (κ2) is 5.38. The quantitative estimate of drug-likeness (QED) is 0.112. The van der Waals surface area contributed by atoms with Gasteiger partial charge in [-0.1, -0.05) is 0 Å². The van der Waals surface area contributed by atoms with Crippen LogP contribution in [0.1, 0.15) is 43.0 Å². The van der Waals surface area contributed by atoms with E-state index in [2.05, 4.69) is 25.7 Å². The van der Waals surface area contributed by atoms with E-state index in [1.54, 1.807) is 248 Å². The Labute approximate surface area is 369 Å². The van der Waals surface area contributed by atoms with Crippen molar-refractivity contribution in [2.24, 2.45) is 0 Å². The number of nitrogens with zero attached hydrogens (tertiary/aromatic N) is 1. The molecule has 0 bridgehead atoms. The van der Waals surface area contributed by atoms with Crippen molar-refractivity contribution in [1.29, 1.82) is 0 Å². The van der Waals surface area contributed by atoms with Gasteiger partial charge < -0.3 is 4.74 Å². The van der Waals surface area contributed by atoms with E-state index >= 15 is 4.79 Å². The first-order valence-corrected chi connectivity index (χ1v) is 25.3. The molecule has 0 atom stereocenters. The van der Waals surface area contributed by atoms with Crippen LogP contribution in [0.25, 0.3) is 291 Å². The fourth-order valence-corrected chi connectivity index (χ4v) is 24.6. The zero-order valence-electron chi connectivity index (χ0n) is 35.3. The first-order valence-electron chi connectivity index (χ1n) is 25.3. The van der Waals surface area contributed by atoms with Crippen molar-refractivity contribution in [2.45, 2.75) is 37.5 Å². The number of hydrogen-bond acceptors (Lipinski definition) is 2. The zero-order valence-corrected chi connectivity index (χ0v) is 35.3. The Balaban J connectivity index is 1.20. The number of carbonyl (C=O) groups excluding carboxylic acids is 1. The summed E-state index contributed by atoms with van der Waals surface area (Å²) in [7, 11) is 0. The Kier molecular flexibility index (Phi) is 1.98. The predicted molar refractivity (Wildman–Crippen MR) is 282 cm³/mol. The Morgan fingerprint density at radius 3 is 0.485 bits per heavy atom. The Bertz CT molecular complexity index is 6610. The lowest BCUT2D eigenvalue weighted by molar-refractivity contribution is 0.0366. The zero-order chi connectivity index (χ0) is 40.8. The van der Waals surface area contributed by atoms with Gasteiger partial charge in [-0.2, -0.15) is 0 Å². The van der Waals surface area contributed by atoms with Crippen LogP contribution in [-0.4, -0.2) is 16.6 Å². The van der Waals surface area contributed by atoms with E-state index in [0.29, 0.717) is 0 Å². The van der Waals surface area contributed by atoms with Crippen LogP contribution in [0.15, 0.2) is 0 Å². The molecule has 33 rings (SSSR count). The van der Waals surface area contributed by atoms with Crippen LogP contribution in [0.2, 0.25) is 0 Å². The predicted octanol–water partition coefficient (Wildman–Crippen LogP) is 17.5. The maximum Gasteiger partial charge on any atom is 0.412 e. The average molecular weight is 836 g/mol. The van der Waals surface area contributed by atoms with Gasteiger partial charge in [0.1, 0.15) is 16.7 Å². The number of hydrogen-bond donors (Lipinski definition) is 0. The lowest BCUT2D eigenvalue weighted by atomic mass is 9.68. The van der Waals surface area contributed by atoms with Gasteiger partial charge in [-0.25, -0.2) is 4.79 Å². The van der Waals surface area contributed by atoms with Crippen molar-refractivity contribution in [3.05, 3.63) is 22.3 Å². The molecule has 1 aliphatic heterocycles. The highest BCUT2D eigenvalue weighted by Crippen LogP contribution is 2.90. The lowest BCUT2D eigenvalue weighted by Gasteiger charge is -2.29. The van der Waals surface area contributed by atoms with E-state index in [4.69, 9.17) is 4.74 Å². The van der Waals surface area contributed by atoms with Gasteiger partial charge in [0.15, 0.2) is 0 Å². The molecule has 68 heavy (non-hydrogen) atoms. The smallest absolute Gasteiger partial charge is 0.412 e. The summed E-state index contributed by atoms with van der Waals surface area (Å²) < 4.78 is 6.89. The normalized spacial score (nSPS) is 22.8. The van der Waals surface area contributed by atoms with E-state index in [-0.39, 0.29) is 6.09 Å². The monoisotopic (exact) mass is 835 g/mol. The van der Waals surface area contributed by atoms with E-state index in [1.807, 2.05) is 0 Å². The molecule has 28 aromatic rings. The molecule has 0 aromatic heterocycles. The number of benzene rings is 18. The van der Waals surface area contributed by atoms with Gasteiger partial charge in [-0.05, 0) is 312 Å². The summed E-state index contributed by atoms with van der Waals surface area (Å²) in [4.78, 5) is 18.7. The summed E-state index contributed by atoms with van der Waals surface area (Å²) >= 11 is 0. The van der Waals surface area contributed by atoms with Gasteiger partial charge in [0, 0.05) is 22.3 Å². The molecular weight excluding hydrogens is 827 g/mol. The summed E-state index contributed by atoms with van der Waals surface area (Å²) in [6.07, 6.45) is -0.132. The molecule has 28 aromatic carbocycles. The van der Waals surface area contributed by atoms with Crippen molar-refractivity contribution < 1.29 is 9.53 Å². The van der Waals surface area contributed by atoms with E-state index in [0.717, 1.165) is 0 Å². The van der Waals surface area contributed by atoms with Gasteiger partial charge in [-0.15, -0.1) is 0 Å². The highest BCUT2D eigenvalue weighted by molar-refractivity contribution is 6.82. The summed E-state index contributed by atoms with van der Waals surface area (Å²) in [6, 6.07) is 0. The molecule has 1 amide bonds. The Morgan fingerprint density at radius 2 is 0.368 bits per heavy atom. The second-order valence-electron chi connectivity index (χ2n) is 26.0. The lowest BCUT2D eigenvalue weighted by Crippen LogP contribution is -2.30. The SMILES string of the molecule is CC(C)(C)OC(=O)N1C23c4c5c6c7c8c9c(c%10c%11c2c2c4c4c%12c5c5c6c6c8c8c%13c9c9c%10c%10c%11c%11c2c2c4c4c%12c%12c5c5c6c8c6c8c%13c9c9c%10c%10c%11c2c2c4c4c%12c5c6c5c8c9c%10c2c45)C713. The van der Waals surface area contributed by atoms with Crippen LogP contribution in [0.5, 0.6) is 0 Å². The molecule has 0 radical (unpaired) electrons. The molecule has 0 unspecified atom stereocenters. The maximum absolute atomic E-state index is 16.2. The van der Waals surface area contributed by atoms with Crippen molar-refractivity contribution in [3.63, 3.8) is 0 Å². The third kappa shape index (κ3) is 1.26. The summed E-state index contributed by atoms with van der Waals surface area (Å²) in [5, 5.41) is 85.0. The van der Waals surface area contributed by atoms with Crippen LogP contribution >= 0.6 is 0 Å². The number of carbonyl (C=O) groups is 1. The molecule has 5 aliphatic rings. The van der Waals surface area contributed by atoms with Crippen LogP contribution < -0.4 is 0 Å². The third-order valence-electron chi connectivity index (χ3n) is 24.4. The molecule has 286 valence electrons. The summed E-state index contributed by atoms with van der Waals surface area (Å²) in [5.74, 6) is 0. The van der Waals surface area contributed by atoms with Crippen LogP contribution in [0.4, 0.5) is 4.79 Å². The molecule has 4 aliphatic carbocycles. The second-order valence-corrected chi connectivity index (χ2v) is 26.0. The van der Waals surface area contributed by atoms with Gasteiger partial charge in [0.25, 0.3) is 0 Å². The summed E-state index contributed by atoms with van der Waals surface area (Å²) in [6.45, 7) is 6.25. The minimum Gasteiger partial charge on any atom is -0.444 e. The third-order valence-corrected chi connectivity index (χ3v) is 24.4. The minimum absolute atomic E-state index is 0.132. The topological polar surface area (TPSA) is 29.3 Å². The molecular formula is C65H9NO2. The molecule has 1 saturated heterocycles. The van der Waals surface area contributed by atoms with Crippen molar-refractivity contribution in [1.82, 2.24) is 4.90 Å². The largest absolute Gasteiger partial charge is 0.444 e. The molecule has 0 N–H and O–H groups in total. The molecule has 3 heteroatoms. The fourth-order valence-electron chi connectivity index (χ4n) is 24.6. The van der Waals surface area contributed by atoms with Gasteiger partial charge in [0.05, 0.1) is 0 Å². The standard InChI is InChI=1S/C65H9NO2/c1-63(2,3)68-62(67)66-64-58-50-42-32-22-14-6-4-5-8-12-10(6)18-26-20(12)30-24-16(8)17-9(5)13-11-7(4)15(14)23-29-19(11)27-21(13)31-25(17)35-34(24)44-38(30)48-40(26)46(36(42)28(18)22)54(58)56(48)60-52(44)53-45(35)39(31)49-41(27)47-37(29)43(33(23)32)51(50)59(64)55(47)57(49)61(53)65(60,64)66/h1-3H3. The average Bonchev–Trinajstić information content (AvgIpc) is 4.33. The number of amides is 1. The molecule has 1 heterocycles. The first-order chi connectivity index (χ1) is 33.5. The fraction of sp³-hybridized carbons (Fsp3) is 0.0923. The molecule has 3 nitrogen and oxygen atoms in total. The Hall–Kier alpha value is -8.27.